The van der Waals surface area contributed by atoms with Crippen molar-refractivity contribution >= 4 is 51.4 Å². The highest BCUT2D eigenvalue weighted by Gasteiger charge is 2.35. The van der Waals surface area contributed by atoms with E-state index >= 15 is 0 Å². The van der Waals surface area contributed by atoms with E-state index in [1.165, 1.54) is 16.8 Å². The molecule has 188 valence electrons. The van der Waals surface area contributed by atoms with E-state index in [-0.39, 0.29) is 11.4 Å². The Bertz CT molecular complexity index is 1240. The van der Waals surface area contributed by atoms with Crippen LogP contribution in [-0.4, -0.2) is 53.4 Å². The summed E-state index contributed by atoms with van der Waals surface area (Å²) in [6.45, 7) is 5.58. The minimum atomic E-state index is -0.491. The van der Waals surface area contributed by atoms with Gasteiger partial charge in [0, 0.05) is 10.6 Å². The largest absolute Gasteiger partial charge is 0.491 e. The molecule has 0 bridgehead atoms. The van der Waals surface area contributed by atoms with E-state index in [9.17, 15) is 4.79 Å². The van der Waals surface area contributed by atoms with Crippen molar-refractivity contribution < 1.29 is 19.0 Å². The molecule has 0 radical (unpaired) electrons. The third-order valence-corrected chi connectivity index (χ3v) is 6.41. The number of aryl methyl sites for hydroxylation is 1. The lowest BCUT2D eigenvalue weighted by Crippen LogP contribution is -2.35. The number of ether oxygens (including phenoxy) is 3. The molecule has 0 atom stereocenters. The van der Waals surface area contributed by atoms with E-state index in [1.54, 1.807) is 24.3 Å². The molecule has 0 unspecified atom stereocenters. The molecule has 0 aliphatic carbocycles. The number of rotatable bonds is 11. The summed E-state index contributed by atoms with van der Waals surface area (Å²) < 4.78 is 17.2. The fraction of sp³-hybridized carbons (Fsp3) is 0.308. The van der Waals surface area contributed by atoms with Gasteiger partial charge in [-0.1, -0.05) is 30.7 Å². The number of carbonyl (C=O) groups excluding carboxylic acids is 1. The zero-order valence-electron chi connectivity index (χ0n) is 20.1. The number of hydrogen-bond donors (Lipinski definition) is 1. The Morgan fingerprint density at radius 2 is 1.92 bits per heavy atom. The molecule has 0 spiro atoms. The predicted octanol–water partition coefficient (Wildman–Crippen LogP) is 5.54. The molecule has 10 heteroatoms. The highest BCUT2D eigenvalue weighted by Crippen LogP contribution is 2.31. The van der Waals surface area contributed by atoms with Crippen LogP contribution in [0, 0.1) is 12.3 Å². The van der Waals surface area contributed by atoms with Crippen molar-refractivity contribution in [2.45, 2.75) is 26.7 Å². The molecule has 0 saturated heterocycles. The zero-order chi connectivity index (χ0) is 25.5. The van der Waals surface area contributed by atoms with E-state index in [4.69, 9.17) is 31.2 Å². The topological polar surface area (TPSA) is 96.6 Å². The first-order chi connectivity index (χ1) is 17.4. The average Bonchev–Trinajstić information content (AvgIpc) is 3.25. The van der Waals surface area contributed by atoms with Gasteiger partial charge in [0.25, 0.3) is 5.91 Å². The van der Waals surface area contributed by atoms with Gasteiger partial charge >= 0.3 is 0 Å². The maximum Gasteiger partial charge on any atom is 0.283 e. The molecule has 8 nitrogen and oxygen atoms in total. The molecule has 2 aromatic rings. The average molecular weight is 527 g/mol. The lowest BCUT2D eigenvalue weighted by molar-refractivity contribution is -0.114. The number of thioether (sulfide) groups is 1. The molecule has 2 heterocycles. The van der Waals surface area contributed by atoms with Gasteiger partial charge in [0.2, 0.25) is 5.17 Å². The van der Waals surface area contributed by atoms with Crippen molar-refractivity contribution in [1.29, 1.82) is 5.41 Å². The fourth-order valence-corrected chi connectivity index (χ4v) is 4.67. The highest BCUT2D eigenvalue weighted by atomic mass is 35.5. The molecule has 36 heavy (non-hydrogen) atoms. The predicted molar refractivity (Wildman–Crippen MR) is 144 cm³/mol. The second-order valence-corrected chi connectivity index (χ2v) is 9.55. The molecule has 2 aromatic carbocycles. The summed E-state index contributed by atoms with van der Waals surface area (Å²) in [5.74, 6) is 0.821. The summed E-state index contributed by atoms with van der Waals surface area (Å²) in [6.07, 6.45) is 3.26. The molecule has 2 aliphatic heterocycles. The number of fused-ring (bicyclic) bond motifs is 1. The number of amidine groups is 2. The van der Waals surface area contributed by atoms with Gasteiger partial charge in [0.05, 0.1) is 18.8 Å². The summed E-state index contributed by atoms with van der Waals surface area (Å²) in [4.78, 5) is 16.8. The van der Waals surface area contributed by atoms with E-state index in [0.717, 1.165) is 29.2 Å². The SMILES string of the molecule is CCCC1=NN2C(=N)/C(=C\c3cc(Cl)ccc3OCCOCCOc3cccc(C)c3)C(=O)N=C2S1. The Labute approximate surface area is 219 Å². The number of nitrogens with zero attached hydrogens (tertiary/aromatic N) is 3. The van der Waals surface area contributed by atoms with Crippen LogP contribution in [0.1, 0.15) is 30.9 Å². The molecule has 1 N–H and O–H groups in total. The van der Waals surface area contributed by atoms with Gasteiger partial charge in [0.1, 0.15) is 29.8 Å². The minimum absolute atomic E-state index is 0.0218. The van der Waals surface area contributed by atoms with Crippen LogP contribution >= 0.6 is 23.4 Å². The lowest BCUT2D eigenvalue weighted by Gasteiger charge is -2.20. The second-order valence-electron chi connectivity index (χ2n) is 8.07. The van der Waals surface area contributed by atoms with E-state index in [0.29, 0.717) is 47.9 Å². The van der Waals surface area contributed by atoms with Gasteiger partial charge in [0.15, 0.2) is 5.84 Å². The Morgan fingerprint density at radius 3 is 2.69 bits per heavy atom. The molecule has 0 fully saturated rings. The second kappa shape index (κ2) is 12.2. The van der Waals surface area contributed by atoms with Crippen LogP contribution in [-0.2, 0) is 9.53 Å². The fourth-order valence-electron chi connectivity index (χ4n) is 3.50. The maximum atomic E-state index is 12.7. The van der Waals surface area contributed by atoms with Crippen molar-refractivity contribution in [2.75, 3.05) is 26.4 Å². The summed E-state index contributed by atoms with van der Waals surface area (Å²) in [5.41, 5.74) is 1.83. The number of aliphatic imine (C=N–C) groups is 1. The Hall–Kier alpha value is -3.14. The molecule has 0 aromatic heterocycles. The Balaban J connectivity index is 1.35. The van der Waals surface area contributed by atoms with Gasteiger partial charge in [-0.3, -0.25) is 10.2 Å². The maximum absolute atomic E-state index is 12.7. The standard InChI is InChI=1S/C26H27ClN4O4S/c1-3-5-23-30-31-24(28)21(25(32)29-26(31)36-23)16-18-15-19(27)8-9-22(18)35-13-11-33-10-12-34-20-7-4-6-17(2)14-20/h4,6-9,14-16,28H,3,5,10-13H2,1-2H3/b21-16+,28-24?. The monoisotopic (exact) mass is 526 g/mol. The van der Waals surface area contributed by atoms with Crippen LogP contribution in [0.4, 0.5) is 0 Å². The van der Waals surface area contributed by atoms with Crippen molar-refractivity contribution in [1.82, 2.24) is 5.01 Å². The molecular weight excluding hydrogens is 500 g/mol. The molecule has 2 aliphatic rings. The smallest absolute Gasteiger partial charge is 0.283 e. The third kappa shape index (κ3) is 6.54. The first-order valence-electron chi connectivity index (χ1n) is 11.6. The number of hydrogen-bond acceptors (Lipinski definition) is 7. The summed E-state index contributed by atoms with van der Waals surface area (Å²) in [7, 11) is 0. The molecular formula is C26H27ClN4O4S. The van der Waals surface area contributed by atoms with E-state index in [1.807, 2.05) is 31.2 Å². The van der Waals surface area contributed by atoms with Crippen LogP contribution in [0.2, 0.25) is 5.02 Å². The van der Waals surface area contributed by atoms with Gasteiger partial charge in [-0.2, -0.15) is 15.1 Å². The number of halogens is 1. The third-order valence-electron chi connectivity index (χ3n) is 5.20. The minimum Gasteiger partial charge on any atom is -0.491 e. The Morgan fingerprint density at radius 1 is 1.11 bits per heavy atom. The first-order valence-corrected chi connectivity index (χ1v) is 12.8. The van der Waals surface area contributed by atoms with Crippen molar-refractivity contribution in [2.24, 2.45) is 10.1 Å². The number of nitrogens with one attached hydrogen (secondary N) is 1. The molecule has 4 rings (SSSR count). The van der Waals surface area contributed by atoms with Gasteiger partial charge < -0.3 is 14.2 Å². The van der Waals surface area contributed by atoms with E-state index in [2.05, 4.69) is 17.0 Å². The normalized spacial score (nSPS) is 16.2. The number of carbonyl (C=O) groups is 1. The van der Waals surface area contributed by atoms with Crippen molar-refractivity contribution in [3.05, 3.63) is 64.2 Å². The number of hydrazone groups is 1. The highest BCUT2D eigenvalue weighted by molar-refractivity contribution is 8.26. The zero-order valence-corrected chi connectivity index (χ0v) is 21.7. The van der Waals surface area contributed by atoms with Crippen LogP contribution in [0.5, 0.6) is 11.5 Å². The molecule has 0 saturated carbocycles. The van der Waals surface area contributed by atoms with Crippen LogP contribution in [0.25, 0.3) is 6.08 Å². The summed E-state index contributed by atoms with van der Waals surface area (Å²) in [6, 6.07) is 13.0. The number of benzene rings is 2. The van der Waals surface area contributed by atoms with Crippen LogP contribution in [0.15, 0.2) is 58.1 Å². The van der Waals surface area contributed by atoms with Crippen LogP contribution in [0.3, 0.4) is 0 Å². The lowest BCUT2D eigenvalue weighted by atomic mass is 10.1. The van der Waals surface area contributed by atoms with Crippen LogP contribution < -0.4 is 9.47 Å². The number of amides is 1. The first kappa shape index (κ1) is 25.9. The summed E-state index contributed by atoms with van der Waals surface area (Å²) in [5, 5.41) is 16.1. The van der Waals surface area contributed by atoms with Crippen molar-refractivity contribution in [3.63, 3.8) is 0 Å². The van der Waals surface area contributed by atoms with Crippen molar-refractivity contribution in [3.8, 4) is 11.5 Å². The van der Waals surface area contributed by atoms with Gasteiger partial charge in [-0.25, -0.2) is 0 Å². The molecule has 1 amide bonds. The quantitative estimate of drug-likeness (QED) is 0.305. The van der Waals surface area contributed by atoms with Gasteiger partial charge in [-0.15, -0.1) is 0 Å². The summed E-state index contributed by atoms with van der Waals surface area (Å²) >= 11 is 7.53. The Kier molecular flexibility index (Phi) is 8.79. The van der Waals surface area contributed by atoms with Gasteiger partial charge in [-0.05, 0) is 73.5 Å². The van der Waals surface area contributed by atoms with E-state index < -0.39 is 5.91 Å².